The van der Waals surface area contributed by atoms with Crippen molar-refractivity contribution in [1.29, 1.82) is 0 Å². The molecule has 3 heterocycles. The van der Waals surface area contributed by atoms with Crippen LogP contribution in [0.4, 0.5) is 0 Å². The number of nitrogens with one attached hydrogen (secondary N) is 2. The SMILES string of the molecule is COc1ccc2c(c1)CC(c1nc3ccc(-c4cn[nH]c4C)cc3c(=O)[nH]1)CO2. The summed E-state index contributed by atoms with van der Waals surface area (Å²) < 4.78 is 11.2. The zero-order chi connectivity index (χ0) is 20.0. The first-order chi connectivity index (χ1) is 14.1. The summed E-state index contributed by atoms with van der Waals surface area (Å²) in [5, 5.41) is 7.54. The summed E-state index contributed by atoms with van der Waals surface area (Å²) in [5.74, 6) is 2.26. The van der Waals surface area contributed by atoms with Crippen molar-refractivity contribution >= 4 is 10.9 Å². The molecule has 1 aliphatic heterocycles. The Morgan fingerprint density at radius 2 is 2.10 bits per heavy atom. The Labute approximate surface area is 166 Å². The average molecular weight is 388 g/mol. The normalized spacial score (nSPS) is 15.7. The number of aryl methyl sites for hydroxylation is 1. The predicted molar refractivity (Wildman–Crippen MR) is 110 cm³/mol. The molecular weight excluding hydrogens is 368 g/mol. The van der Waals surface area contributed by atoms with E-state index in [1.54, 1.807) is 13.3 Å². The summed E-state index contributed by atoms with van der Waals surface area (Å²) >= 11 is 0. The number of benzene rings is 2. The smallest absolute Gasteiger partial charge is 0.258 e. The van der Waals surface area contributed by atoms with Crippen LogP contribution < -0.4 is 15.0 Å². The fraction of sp³-hybridized carbons (Fsp3) is 0.227. The monoisotopic (exact) mass is 388 g/mol. The highest BCUT2D eigenvalue weighted by Crippen LogP contribution is 2.34. The van der Waals surface area contributed by atoms with E-state index >= 15 is 0 Å². The van der Waals surface area contributed by atoms with E-state index in [1.165, 1.54) is 0 Å². The summed E-state index contributed by atoms with van der Waals surface area (Å²) in [6, 6.07) is 11.5. The molecule has 0 aliphatic carbocycles. The van der Waals surface area contributed by atoms with Crippen molar-refractivity contribution in [2.24, 2.45) is 0 Å². The molecule has 29 heavy (non-hydrogen) atoms. The van der Waals surface area contributed by atoms with E-state index in [-0.39, 0.29) is 11.5 Å². The highest BCUT2D eigenvalue weighted by atomic mass is 16.5. The van der Waals surface area contributed by atoms with Crippen molar-refractivity contribution in [2.75, 3.05) is 13.7 Å². The van der Waals surface area contributed by atoms with Crippen molar-refractivity contribution in [2.45, 2.75) is 19.3 Å². The van der Waals surface area contributed by atoms with Gasteiger partial charge in [0.2, 0.25) is 0 Å². The molecule has 0 amide bonds. The molecule has 2 aromatic carbocycles. The molecule has 0 saturated heterocycles. The minimum absolute atomic E-state index is 0.0255. The molecule has 2 N–H and O–H groups in total. The van der Waals surface area contributed by atoms with Crippen LogP contribution in [-0.4, -0.2) is 33.9 Å². The topological polar surface area (TPSA) is 92.9 Å². The van der Waals surface area contributed by atoms with Crippen molar-refractivity contribution < 1.29 is 9.47 Å². The van der Waals surface area contributed by atoms with Gasteiger partial charge in [-0.1, -0.05) is 6.07 Å². The molecule has 0 radical (unpaired) electrons. The van der Waals surface area contributed by atoms with Crippen LogP contribution in [0.3, 0.4) is 0 Å². The molecule has 1 aliphatic rings. The Bertz CT molecular complexity index is 1270. The first kappa shape index (κ1) is 17.5. The maximum Gasteiger partial charge on any atom is 0.258 e. The highest BCUT2D eigenvalue weighted by molar-refractivity contribution is 5.84. The molecule has 7 nitrogen and oxygen atoms in total. The molecule has 0 spiro atoms. The van der Waals surface area contributed by atoms with E-state index in [0.29, 0.717) is 23.3 Å². The summed E-state index contributed by atoms with van der Waals surface area (Å²) in [6.45, 7) is 2.42. The number of hydrogen-bond acceptors (Lipinski definition) is 5. The standard InChI is InChI=1S/C22H20N4O3/c1-12-18(10-23-26-12)13-3-5-19-17(9-13)22(27)25-21(24-19)15-7-14-8-16(28-2)4-6-20(14)29-11-15/h3-6,8-10,15H,7,11H2,1-2H3,(H,23,26)(H,24,25,27). The molecule has 1 atom stereocenters. The lowest BCUT2D eigenvalue weighted by Gasteiger charge is -2.25. The summed E-state index contributed by atoms with van der Waals surface area (Å²) in [7, 11) is 1.64. The maximum atomic E-state index is 12.8. The van der Waals surface area contributed by atoms with Crippen LogP contribution in [0.25, 0.3) is 22.0 Å². The second-order valence-electron chi connectivity index (χ2n) is 7.28. The van der Waals surface area contributed by atoms with Gasteiger partial charge in [0, 0.05) is 11.3 Å². The van der Waals surface area contributed by atoms with Crippen LogP contribution >= 0.6 is 0 Å². The minimum Gasteiger partial charge on any atom is -0.497 e. The molecule has 5 rings (SSSR count). The molecular formula is C22H20N4O3. The molecule has 4 aromatic rings. The van der Waals surface area contributed by atoms with Gasteiger partial charge in [-0.05, 0) is 54.8 Å². The molecule has 7 heteroatoms. The van der Waals surface area contributed by atoms with Gasteiger partial charge >= 0.3 is 0 Å². The van der Waals surface area contributed by atoms with Crippen molar-refractivity contribution in [3.05, 3.63) is 70.0 Å². The Balaban J connectivity index is 1.51. The van der Waals surface area contributed by atoms with E-state index in [9.17, 15) is 4.79 Å². The van der Waals surface area contributed by atoms with Crippen LogP contribution in [0.15, 0.2) is 47.4 Å². The van der Waals surface area contributed by atoms with Gasteiger partial charge in [0.15, 0.2) is 0 Å². The van der Waals surface area contributed by atoms with Crippen LogP contribution in [0.2, 0.25) is 0 Å². The third kappa shape index (κ3) is 3.04. The number of aromatic nitrogens is 4. The van der Waals surface area contributed by atoms with Crippen LogP contribution in [0.1, 0.15) is 23.0 Å². The summed E-state index contributed by atoms with van der Waals surface area (Å²) in [6.07, 6.45) is 2.49. The van der Waals surface area contributed by atoms with Crippen LogP contribution in [0, 0.1) is 6.92 Å². The largest absolute Gasteiger partial charge is 0.497 e. The van der Waals surface area contributed by atoms with Gasteiger partial charge in [-0.3, -0.25) is 9.89 Å². The van der Waals surface area contributed by atoms with E-state index in [4.69, 9.17) is 14.5 Å². The average Bonchev–Trinajstić information content (AvgIpc) is 3.18. The molecule has 1 unspecified atom stereocenters. The van der Waals surface area contributed by atoms with Gasteiger partial charge in [-0.15, -0.1) is 0 Å². The number of fused-ring (bicyclic) bond motifs is 2. The molecule has 0 saturated carbocycles. The predicted octanol–water partition coefficient (Wildman–Crippen LogP) is 3.35. The van der Waals surface area contributed by atoms with Gasteiger partial charge in [-0.2, -0.15) is 5.10 Å². The van der Waals surface area contributed by atoms with Crippen LogP contribution in [-0.2, 0) is 6.42 Å². The number of H-pyrrole nitrogens is 2. The van der Waals surface area contributed by atoms with Gasteiger partial charge in [0.25, 0.3) is 5.56 Å². The third-order valence-electron chi connectivity index (χ3n) is 5.43. The van der Waals surface area contributed by atoms with Crippen molar-refractivity contribution in [1.82, 2.24) is 20.2 Å². The van der Waals surface area contributed by atoms with E-state index < -0.39 is 0 Å². The third-order valence-corrected chi connectivity index (χ3v) is 5.43. The number of nitrogens with zero attached hydrogens (tertiary/aromatic N) is 2. The van der Waals surface area contributed by atoms with E-state index in [2.05, 4.69) is 15.2 Å². The maximum absolute atomic E-state index is 12.8. The second kappa shape index (κ2) is 6.77. The van der Waals surface area contributed by atoms with Crippen molar-refractivity contribution in [3.63, 3.8) is 0 Å². The number of aromatic amines is 2. The Kier molecular flexibility index (Phi) is 4.08. The number of ether oxygens (including phenoxy) is 2. The van der Waals surface area contributed by atoms with E-state index in [0.717, 1.165) is 40.3 Å². The van der Waals surface area contributed by atoms with Crippen molar-refractivity contribution in [3.8, 4) is 22.6 Å². The van der Waals surface area contributed by atoms with Gasteiger partial charge < -0.3 is 14.5 Å². The number of methoxy groups -OCH3 is 1. The lowest BCUT2D eigenvalue weighted by atomic mass is 9.95. The lowest BCUT2D eigenvalue weighted by Crippen LogP contribution is -2.24. The minimum atomic E-state index is -0.149. The van der Waals surface area contributed by atoms with E-state index in [1.807, 2.05) is 43.3 Å². The molecule has 0 fully saturated rings. The Morgan fingerprint density at radius 1 is 1.21 bits per heavy atom. The van der Waals surface area contributed by atoms with Gasteiger partial charge in [0.05, 0.1) is 36.7 Å². The second-order valence-corrected chi connectivity index (χ2v) is 7.28. The number of hydrogen-bond donors (Lipinski definition) is 2. The fourth-order valence-corrected chi connectivity index (χ4v) is 3.83. The summed E-state index contributed by atoms with van der Waals surface area (Å²) in [4.78, 5) is 20.5. The van der Waals surface area contributed by atoms with Gasteiger partial charge in [-0.25, -0.2) is 4.98 Å². The molecule has 146 valence electrons. The Hall–Kier alpha value is -3.61. The van der Waals surface area contributed by atoms with Gasteiger partial charge in [0.1, 0.15) is 17.3 Å². The summed E-state index contributed by atoms with van der Waals surface area (Å²) in [5.41, 5.74) is 4.44. The number of rotatable bonds is 3. The van der Waals surface area contributed by atoms with Crippen LogP contribution in [0.5, 0.6) is 11.5 Å². The Morgan fingerprint density at radius 3 is 2.90 bits per heavy atom. The quantitative estimate of drug-likeness (QED) is 0.561. The highest BCUT2D eigenvalue weighted by Gasteiger charge is 2.24. The fourth-order valence-electron chi connectivity index (χ4n) is 3.83. The zero-order valence-corrected chi connectivity index (χ0v) is 16.2. The first-order valence-electron chi connectivity index (χ1n) is 9.46. The molecule has 0 bridgehead atoms. The molecule has 2 aromatic heterocycles. The first-order valence-corrected chi connectivity index (χ1v) is 9.46. The lowest BCUT2D eigenvalue weighted by molar-refractivity contribution is 0.257. The zero-order valence-electron chi connectivity index (χ0n) is 16.2.